The second-order valence-electron chi connectivity index (χ2n) is 3.56. The number of carboxylic acid groups (broad SMARTS) is 1. The van der Waals surface area contributed by atoms with Gasteiger partial charge >= 0.3 is 12.1 Å². The van der Waals surface area contributed by atoms with Gasteiger partial charge in [0.15, 0.2) is 6.61 Å². The molecule has 1 aromatic carbocycles. The van der Waals surface area contributed by atoms with Gasteiger partial charge in [-0.25, -0.2) is 13.2 Å². The first-order valence-corrected chi connectivity index (χ1v) is 7.10. The van der Waals surface area contributed by atoms with Crippen molar-refractivity contribution in [3.05, 3.63) is 27.7 Å². The summed E-state index contributed by atoms with van der Waals surface area (Å²) in [6.07, 6.45) is -4.75. The Kier molecular flexibility index (Phi) is 5.45. The fourth-order valence-electron chi connectivity index (χ4n) is 1.13. The Labute approximate surface area is 126 Å². The number of halogens is 5. The minimum Gasteiger partial charge on any atom is -0.478 e. The quantitative estimate of drug-likeness (QED) is 0.779. The molecule has 1 aromatic rings. The average molecular weight is 368 g/mol. The third-order valence-corrected chi connectivity index (χ3v) is 3.94. The van der Waals surface area contributed by atoms with Gasteiger partial charge in [0.2, 0.25) is 0 Å². The minimum absolute atomic E-state index is 0.331. The second kappa shape index (κ2) is 6.36. The van der Waals surface area contributed by atoms with Gasteiger partial charge in [-0.1, -0.05) is 28.1 Å². The van der Waals surface area contributed by atoms with Crippen LogP contribution >= 0.6 is 23.2 Å². The summed E-state index contributed by atoms with van der Waals surface area (Å²) in [6.45, 7) is -1.87. The third-order valence-electron chi connectivity index (χ3n) is 1.95. The lowest BCUT2D eigenvalue weighted by atomic mass is 10.2. The molecule has 0 unspecified atom stereocenters. The molecule has 0 aliphatic rings. The summed E-state index contributed by atoms with van der Waals surface area (Å²) in [5.74, 6) is -1.54. The van der Waals surface area contributed by atoms with E-state index in [1.165, 1.54) is 4.89 Å². The summed E-state index contributed by atoms with van der Waals surface area (Å²) in [5, 5.41) is 8.00. The lowest BCUT2D eigenvalue weighted by molar-refractivity contribution is -0.181. The van der Waals surface area contributed by atoms with Crippen LogP contribution in [0.25, 0.3) is 0 Å². The summed E-state index contributed by atoms with van der Waals surface area (Å²) in [4.78, 5) is 15.0. The molecule has 0 aliphatic carbocycles. The van der Waals surface area contributed by atoms with Crippen LogP contribution in [-0.2, 0) is 14.9 Å². The van der Waals surface area contributed by atoms with Gasteiger partial charge < -0.3 is 5.11 Å². The van der Waals surface area contributed by atoms with E-state index in [0.29, 0.717) is 6.07 Å². The molecule has 0 heterocycles. The predicted octanol–water partition coefficient (Wildman–Crippen LogP) is 2.46. The Morgan fingerprint density at radius 1 is 1.29 bits per heavy atom. The van der Waals surface area contributed by atoms with Crippen molar-refractivity contribution in [2.45, 2.75) is 11.1 Å². The van der Waals surface area contributed by atoms with Crippen molar-refractivity contribution < 1.29 is 36.3 Å². The van der Waals surface area contributed by atoms with E-state index in [1.807, 2.05) is 0 Å². The van der Waals surface area contributed by atoms with Crippen molar-refractivity contribution in [2.24, 2.45) is 0 Å². The van der Waals surface area contributed by atoms with Gasteiger partial charge in [0.25, 0.3) is 10.0 Å². The van der Waals surface area contributed by atoms with Crippen molar-refractivity contribution in [2.75, 3.05) is 6.61 Å². The summed E-state index contributed by atoms with van der Waals surface area (Å²) in [6, 6.07) is 1.44. The van der Waals surface area contributed by atoms with Gasteiger partial charge in [-0.2, -0.15) is 13.2 Å². The van der Waals surface area contributed by atoms with Crippen LogP contribution in [0.2, 0.25) is 10.0 Å². The highest BCUT2D eigenvalue weighted by molar-refractivity contribution is 7.89. The van der Waals surface area contributed by atoms with E-state index in [9.17, 15) is 26.4 Å². The number of carbonyl (C=O) groups is 1. The van der Waals surface area contributed by atoms with Crippen LogP contribution in [0.3, 0.4) is 0 Å². The molecule has 1 rings (SSSR count). The molecule has 0 saturated carbocycles. The number of nitrogens with one attached hydrogen (secondary N) is 1. The zero-order valence-electron chi connectivity index (χ0n) is 9.74. The highest BCUT2D eigenvalue weighted by atomic mass is 35.5. The maximum absolute atomic E-state index is 11.9. The SMILES string of the molecule is O=C(O)c1cc(S(=O)(=O)NOCC(F)(F)F)c(Cl)cc1Cl. The van der Waals surface area contributed by atoms with E-state index in [1.54, 1.807) is 0 Å². The summed E-state index contributed by atoms with van der Waals surface area (Å²) in [7, 11) is -4.61. The van der Waals surface area contributed by atoms with Crippen molar-refractivity contribution in [1.82, 2.24) is 4.89 Å². The number of carboxylic acids is 1. The molecule has 21 heavy (non-hydrogen) atoms. The number of rotatable bonds is 5. The van der Waals surface area contributed by atoms with Crippen LogP contribution in [0.5, 0.6) is 0 Å². The number of benzene rings is 1. The number of hydrogen-bond acceptors (Lipinski definition) is 4. The van der Waals surface area contributed by atoms with E-state index >= 15 is 0 Å². The van der Waals surface area contributed by atoms with Crippen LogP contribution in [0.15, 0.2) is 17.0 Å². The van der Waals surface area contributed by atoms with E-state index in [0.717, 1.165) is 6.07 Å². The minimum atomic E-state index is -4.75. The van der Waals surface area contributed by atoms with Gasteiger partial charge in [-0.05, 0) is 12.1 Å². The topological polar surface area (TPSA) is 92.7 Å². The van der Waals surface area contributed by atoms with Gasteiger partial charge in [0.05, 0.1) is 15.6 Å². The monoisotopic (exact) mass is 367 g/mol. The van der Waals surface area contributed by atoms with Crippen LogP contribution in [-0.4, -0.2) is 32.3 Å². The number of sulfonamides is 1. The van der Waals surface area contributed by atoms with E-state index < -0.39 is 44.3 Å². The summed E-state index contributed by atoms with van der Waals surface area (Å²) < 4.78 is 59.0. The molecular formula is C9H6Cl2F3NO5S. The molecule has 6 nitrogen and oxygen atoms in total. The molecule has 0 saturated heterocycles. The van der Waals surface area contributed by atoms with Crippen LogP contribution in [0.1, 0.15) is 10.4 Å². The number of alkyl halides is 3. The summed E-state index contributed by atoms with van der Waals surface area (Å²) >= 11 is 11.1. The fraction of sp³-hybridized carbons (Fsp3) is 0.222. The third kappa shape index (κ3) is 5.00. The van der Waals surface area contributed by atoms with Crippen molar-refractivity contribution in [3.8, 4) is 0 Å². The first-order chi connectivity index (χ1) is 9.44. The van der Waals surface area contributed by atoms with Crippen LogP contribution in [0, 0.1) is 0 Å². The molecule has 0 fully saturated rings. The molecule has 2 N–H and O–H groups in total. The first-order valence-electron chi connectivity index (χ1n) is 4.87. The Morgan fingerprint density at radius 3 is 2.33 bits per heavy atom. The standard InChI is InChI=1S/C9H6Cl2F3NO5S/c10-5-2-6(11)7(1-4(5)8(16)17)21(18,19)15-20-3-9(12,13)14/h1-2,15H,3H2,(H,16,17). The highest BCUT2D eigenvalue weighted by Crippen LogP contribution is 2.28. The normalized spacial score (nSPS) is 12.4. The molecule has 0 aromatic heterocycles. The van der Waals surface area contributed by atoms with Gasteiger partial charge in [0.1, 0.15) is 4.90 Å². The molecule has 0 amide bonds. The van der Waals surface area contributed by atoms with Crippen LogP contribution in [0.4, 0.5) is 13.2 Å². The van der Waals surface area contributed by atoms with Gasteiger partial charge in [-0.3, -0.25) is 4.84 Å². The molecule has 0 spiro atoms. The second-order valence-corrected chi connectivity index (χ2v) is 5.99. The Bertz CT molecular complexity index is 662. The molecule has 0 atom stereocenters. The van der Waals surface area contributed by atoms with E-state index in [4.69, 9.17) is 28.3 Å². The Hall–Kier alpha value is -1.07. The average Bonchev–Trinajstić information content (AvgIpc) is 2.25. The Balaban J connectivity index is 3.08. The number of aromatic carboxylic acids is 1. The lowest BCUT2D eigenvalue weighted by Crippen LogP contribution is -2.30. The van der Waals surface area contributed by atoms with Crippen molar-refractivity contribution in [3.63, 3.8) is 0 Å². The predicted molar refractivity (Wildman–Crippen MR) is 65.7 cm³/mol. The maximum Gasteiger partial charge on any atom is 0.413 e. The first kappa shape index (κ1) is 18.0. The molecule has 118 valence electrons. The molecular weight excluding hydrogens is 362 g/mol. The number of hydrogen-bond donors (Lipinski definition) is 2. The molecule has 0 bridgehead atoms. The lowest BCUT2D eigenvalue weighted by Gasteiger charge is -2.11. The zero-order chi connectivity index (χ0) is 16.4. The fourth-order valence-corrected chi connectivity index (χ4v) is 2.79. The van der Waals surface area contributed by atoms with Crippen molar-refractivity contribution >= 4 is 39.2 Å². The molecule has 12 heteroatoms. The zero-order valence-corrected chi connectivity index (χ0v) is 12.1. The van der Waals surface area contributed by atoms with Gasteiger partial charge in [-0.15, -0.1) is 0 Å². The Morgan fingerprint density at radius 2 is 1.86 bits per heavy atom. The summed E-state index contributed by atoms with van der Waals surface area (Å²) in [5.41, 5.74) is -0.586. The highest BCUT2D eigenvalue weighted by Gasteiger charge is 2.30. The maximum atomic E-state index is 11.9. The molecule has 0 radical (unpaired) electrons. The molecule has 0 aliphatic heterocycles. The van der Waals surface area contributed by atoms with Gasteiger partial charge in [0, 0.05) is 0 Å². The smallest absolute Gasteiger partial charge is 0.413 e. The van der Waals surface area contributed by atoms with Crippen molar-refractivity contribution in [1.29, 1.82) is 0 Å². The van der Waals surface area contributed by atoms with E-state index in [-0.39, 0.29) is 5.02 Å². The van der Waals surface area contributed by atoms with E-state index in [2.05, 4.69) is 4.84 Å². The largest absolute Gasteiger partial charge is 0.478 e. The van der Waals surface area contributed by atoms with Crippen LogP contribution < -0.4 is 4.89 Å².